The molecule has 0 aliphatic carbocycles. The van der Waals surface area contributed by atoms with Gasteiger partial charge in [0.1, 0.15) is 11.6 Å². The van der Waals surface area contributed by atoms with Crippen LogP contribution in [0.15, 0.2) is 36.7 Å². The third-order valence-corrected chi connectivity index (χ3v) is 3.86. The van der Waals surface area contributed by atoms with Crippen molar-refractivity contribution in [1.82, 2.24) is 20.4 Å². The van der Waals surface area contributed by atoms with Crippen molar-refractivity contribution in [2.45, 2.75) is 13.5 Å². The first-order valence-electron chi connectivity index (χ1n) is 7.64. The second-order valence-corrected chi connectivity index (χ2v) is 5.69. The van der Waals surface area contributed by atoms with Crippen molar-refractivity contribution in [3.05, 3.63) is 59.4 Å². The average molecular weight is 340 g/mol. The van der Waals surface area contributed by atoms with Gasteiger partial charge in [0.25, 0.3) is 0 Å². The predicted molar refractivity (Wildman–Crippen MR) is 90.1 cm³/mol. The van der Waals surface area contributed by atoms with Gasteiger partial charge in [0.15, 0.2) is 17.5 Å². The summed E-state index contributed by atoms with van der Waals surface area (Å²) in [6, 6.07) is 5.55. The SMILES string of the molecule is Cc1cnc(-c2ccc(F)c(F)c2)nc1Nc1cnc2c(c1)CNN2. The number of rotatable bonds is 3. The molecule has 0 spiro atoms. The van der Waals surface area contributed by atoms with Crippen LogP contribution in [0.2, 0.25) is 0 Å². The van der Waals surface area contributed by atoms with E-state index < -0.39 is 11.6 Å². The van der Waals surface area contributed by atoms with Gasteiger partial charge < -0.3 is 10.7 Å². The fourth-order valence-corrected chi connectivity index (χ4v) is 2.53. The van der Waals surface area contributed by atoms with Crippen LogP contribution in [0.1, 0.15) is 11.1 Å². The molecule has 3 aromatic rings. The van der Waals surface area contributed by atoms with E-state index in [1.165, 1.54) is 6.07 Å². The predicted octanol–water partition coefficient (Wildman–Crippen LogP) is 3.30. The highest BCUT2D eigenvalue weighted by atomic mass is 19.2. The van der Waals surface area contributed by atoms with E-state index in [4.69, 9.17) is 0 Å². The Morgan fingerprint density at radius 2 is 1.96 bits per heavy atom. The number of fused-ring (bicyclic) bond motifs is 1. The number of aromatic nitrogens is 3. The Kier molecular flexibility index (Phi) is 3.73. The zero-order valence-corrected chi connectivity index (χ0v) is 13.3. The van der Waals surface area contributed by atoms with Crippen molar-refractivity contribution >= 4 is 17.3 Å². The van der Waals surface area contributed by atoms with Crippen LogP contribution in [-0.2, 0) is 6.54 Å². The molecule has 4 rings (SSSR count). The van der Waals surface area contributed by atoms with Crippen LogP contribution in [0, 0.1) is 18.6 Å². The summed E-state index contributed by atoms with van der Waals surface area (Å²) in [6.45, 7) is 2.54. The van der Waals surface area contributed by atoms with Crippen molar-refractivity contribution in [1.29, 1.82) is 0 Å². The van der Waals surface area contributed by atoms with E-state index in [-0.39, 0.29) is 0 Å². The number of anilines is 3. The minimum absolute atomic E-state index is 0.310. The van der Waals surface area contributed by atoms with E-state index in [1.807, 2.05) is 13.0 Å². The zero-order valence-electron chi connectivity index (χ0n) is 13.3. The smallest absolute Gasteiger partial charge is 0.161 e. The van der Waals surface area contributed by atoms with Gasteiger partial charge in [-0.05, 0) is 31.2 Å². The van der Waals surface area contributed by atoms with E-state index in [0.29, 0.717) is 23.8 Å². The molecule has 0 radical (unpaired) electrons. The molecule has 0 amide bonds. The molecule has 0 unspecified atom stereocenters. The van der Waals surface area contributed by atoms with Crippen molar-refractivity contribution in [3.8, 4) is 11.4 Å². The van der Waals surface area contributed by atoms with Gasteiger partial charge in [-0.3, -0.25) is 0 Å². The number of pyridine rings is 1. The number of nitrogens with zero attached hydrogens (tertiary/aromatic N) is 3. The lowest BCUT2D eigenvalue weighted by atomic mass is 10.2. The van der Waals surface area contributed by atoms with Crippen LogP contribution in [0.5, 0.6) is 0 Å². The molecule has 3 heterocycles. The third kappa shape index (κ3) is 2.99. The molecule has 8 heteroatoms. The molecule has 126 valence electrons. The summed E-state index contributed by atoms with van der Waals surface area (Å²) in [4.78, 5) is 13.0. The molecular formula is C17H14F2N6. The Balaban J connectivity index is 1.66. The maximum absolute atomic E-state index is 13.5. The molecular weight excluding hydrogens is 326 g/mol. The molecule has 1 aliphatic heterocycles. The topological polar surface area (TPSA) is 74.8 Å². The molecule has 6 nitrogen and oxygen atoms in total. The molecule has 1 aliphatic rings. The fraction of sp³-hybridized carbons (Fsp3) is 0.118. The number of hydrazine groups is 1. The Hall–Kier alpha value is -3.13. The van der Waals surface area contributed by atoms with Crippen LogP contribution in [0.25, 0.3) is 11.4 Å². The maximum atomic E-state index is 13.5. The lowest BCUT2D eigenvalue weighted by Gasteiger charge is -2.11. The number of nitrogens with one attached hydrogen (secondary N) is 3. The molecule has 0 bridgehead atoms. The highest BCUT2D eigenvalue weighted by molar-refractivity contribution is 5.65. The maximum Gasteiger partial charge on any atom is 0.161 e. The van der Waals surface area contributed by atoms with E-state index in [1.54, 1.807) is 12.4 Å². The summed E-state index contributed by atoms with van der Waals surface area (Å²) in [5.41, 5.74) is 9.01. The van der Waals surface area contributed by atoms with Gasteiger partial charge in [0.2, 0.25) is 0 Å². The zero-order chi connectivity index (χ0) is 17.4. The van der Waals surface area contributed by atoms with E-state index in [9.17, 15) is 8.78 Å². The highest BCUT2D eigenvalue weighted by Gasteiger charge is 2.13. The second-order valence-electron chi connectivity index (χ2n) is 5.69. The third-order valence-electron chi connectivity index (χ3n) is 3.86. The molecule has 2 aromatic heterocycles. The van der Waals surface area contributed by atoms with E-state index in [0.717, 1.165) is 34.8 Å². The van der Waals surface area contributed by atoms with Gasteiger partial charge in [0, 0.05) is 29.4 Å². The number of hydrogen-bond acceptors (Lipinski definition) is 6. The number of hydrogen-bond donors (Lipinski definition) is 3. The minimum atomic E-state index is -0.931. The quantitative estimate of drug-likeness (QED) is 0.679. The van der Waals surface area contributed by atoms with Gasteiger partial charge in [-0.25, -0.2) is 29.2 Å². The van der Waals surface area contributed by atoms with E-state index in [2.05, 4.69) is 31.1 Å². The fourth-order valence-electron chi connectivity index (χ4n) is 2.53. The first-order chi connectivity index (χ1) is 12.1. The van der Waals surface area contributed by atoms with Crippen molar-refractivity contribution in [2.75, 3.05) is 10.7 Å². The molecule has 1 aromatic carbocycles. The molecule has 0 atom stereocenters. The number of aryl methyl sites for hydroxylation is 1. The first-order valence-corrected chi connectivity index (χ1v) is 7.64. The Labute approximate surface area is 142 Å². The van der Waals surface area contributed by atoms with Gasteiger partial charge in [-0.2, -0.15) is 0 Å². The highest BCUT2D eigenvalue weighted by Crippen LogP contribution is 2.25. The normalized spacial score (nSPS) is 12.6. The van der Waals surface area contributed by atoms with Crippen molar-refractivity contribution in [2.24, 2.45) is 0 Å². The van der Waals surface area contributed by atoms with Gasteiger partial charge in [-0.15, -0.1) is 0 Å². The monoisotopic (exact) mass is 340 g/mol. The van der Waals surface area contributed by atoms with Crippen LogP contribution >= 0.6 is 0 Å². The van der Waals surface area contributed by atoms with Crippen LogP contribution in [0.4, 0.5) is 26.1 Å². The number of halogens is 2. The van der Waals surface area contributed by atoms with Crippen LogP contribution < -0.4 is 16.2 Å². The van der Waals surface area contributed by atoms with Crippen molar-refractivity contribution in [3.63, 3.8) is 0 Å². The summed E-state index contributed by atoms with van der Waals surface area (Å²) in [5, 5.41) is 3.20. The number of benzene rings is 1. The van der Waals surface area contributed by atoms with Crippen LogP contribution in [-0.4, -0.2) is 15.0 Å². The summed E-state index contributed by atoms with van der Waals surface area (Å²) < 4.78 is 26.6. The van der Waals surface area contributed by atoms with Gasteiger partial charge >= 0.3 is 0 Å². The molecule has 25 heavy (non-hydrogen) atoms. The first kappa shape index (κ1) is 15.4. The standard InChI is InChI=1S/C17H14F2N6/c1-9-6-20-16(10-2-3-13(18)14(19)5-10)24-15(9)23-12-4-11-7-22-25-17(11)21-8-12/h2-6,8,22H,7H2,1H3,(H,21,25)(H,20,23,24). The van der Waals surface area contributed by atoms with Crippen LogP contribution in [0.3, 0.4) is 0 Å². The Morgan fingerprint density at radius 3 is 2.80 bits per heavy atom. The summed E-state index contributed by atoms with van der Waals surface area (Å²) in [5.74, 6) is -0.146. The lowest BCUT2D eigenvalue weighted by molar-refractivity contribution is 0.509. The molecule has 0 fully saturated rings. The largest absolute Gasteiger partial charge is 0.339 e. The lowest BCUT2D eigenvalue weighted by Crippen LogP contribution is -2.11. The Bertz CT molecular complexity index is 960. The van der Waals surface area contributed by atoms with E-state index >= 15 is 0 Å². The van der Waals surface area contributed by atoms with Gasteiger partial charge in [0.05, 0.1) is 11.9 Å². The molecule has 0 saturated heterocycles. The van der Waals surface area contributed by atoms with Crippen molar-refractivity contribution < 1.29 is 8.78 Å². The van der Waals surface area contributed by atoms with Gasteiger partial charge in [-0.1, -0.05) is 0 Å². The summed E-state index contributed by atoms with van der Waals surface area (Å²) >= 11 is 0. The second kappa shape index (κ2) is 6.06. The molecule has 3 N–H and O–H groups in total. The average Bonchev–Trinajstić information content (AvgIpc) is 3.07. The minimum Gasteiger partial charge on any atom is -0.339 e. The Morgan fingerprint density at radius 1 is 1.08 bits per heavy atom. The molecule has 0 saturated carbocycles. The summed E-state index contributed by atoms with van der Waals surface area (Å²) in [6.07, 6.45) is 3.33. The summed E-state index contributed by atoms with van der Waals surface area (Å²) in [7, 11) is 0.